The van der Waals surface area contributed by atoms with Gasteiger partial charge in [0.2, 0.25) is 5.91 Å². The molecule has 0 saturated carbocycles. The van der Waals surface area contributed by atoms with Gasteiger partial charge in [-0.1, -0.05) is 323 Å². The fraction of sp³-hybridized carbons (Fsp3) is 0.750. The molecule has 0 fully saturated rings. The van der Waals surface area contributed by atoms with Crippen LogP contribution >= 0.6 is 0 Å². The van der Waals surface area contributed by atoms with E-state index >= 15 is 0 Å². The van der Waals surface area contributed by atoms with Gasteiger partial charge in [0.15, 0.2) is 0 Å². The first-order chi connectivity index (χ1) is 35.7. The third kappa shape index (κ3) is 58.2. The highest BCUT2D eigenvalue weighted by Gasteiger charge is 2.20. The largest absolute Gasteiger partial charge is 0.394 e. The molecule has 0 radical (unpaired) electrons. The number of aliphatic hydroxyl groups excluding tert-OH is 2. The Hall–Kier alpha value is -2.69. The van der Waals surface area contributed by atoms with E-state index in [1.54, 1.807) is 0 Å². The molecule has 0 aromatic carbocycles. The highest BCUT2D eigenvalue weighted by Crippen LogP contribution is 2.18. The molecular formula is C68H121NO3. The van der Waals surface area contributed by atoms with Crippen LogP contribution in [0.25, 0.3) is 0 Å². The number of aliphatic hydroxyl groups is 2. The number of unbranched alkanes of at least 4 members (excludes halogenated alkanes) is 34. The van der Waals surface area contributed by atoms with E-state index in [1.807, 2.05) is 0 Å². The molecule has 2 atom stereocenters. The number of amides is 1. The van der Waals surface area contributed by atoms with Gasteiger partial charge >= 0.3 is 0 Å². The molecule has 0 saturated heterocycles. The lowest BCUT2D eigenvalue weighted by molar-refractivity contribution is -0.123. The van der Waals surface area contributed by atoms with Crippen LogP contribution < -0.4 is 5.32 Å². The molecular weight excluding hydrogens is 879 g/mol. The first-order valence-corrected chi connectivity index (χ1v) is 31.4. The van der Waals surface area contributed by atoms with Gasteiger partial charge in [0.25, 0.3) is 0 Å². The summed E-state index contributed by atoms with van der Waals surface area (Å²) in [6.45, 7) is 4.26. The summed E-state index contributed by atoms with van der Waals surface area (Å²) in [5.41, 5.74) is 0. The molecule has 3 N–H and O–H groups in total. The van der Waals surface area contributed by atoms with Crippen LogP contribution in [0.1, 0.15) is 309 Å². The average molecular weight is 1000 g/mol. The molecule has 0 spiro atoms. The first-order valence-electron chi connectivity index (χ1n) is 31.4. The first kappa shape index (κ1) is 69.3. The van der Waals surface area contributed by atoms with Crippen molar-refractivity contribution in [3.05, 3.63) is 97.2 Å². The molecule has 0 aromatic heterocycles. The molecule has 4 heteroatoms. The summed E-state index contributed by atoms with van der Waals surface area (Å²) in [5.74, 6) is -0.0400. The Kier molecular flexibility index (Phi) is 60.3. The van der Waals surface area contributed by atoms with Gasteiger partial charge < -0.3 is 15.5 Å². The summed E-state index contributed by atoms with van der Waals surface area (Å²) < 4.78 is 0. The summed E-state index contributed by atoms with van der Waals surface area (Å²) in [4.78, 5) is 12.5. The van der Waals surface area contributed by atoms with Crippen LogP contribution in [0.4, 0.5) is 0 Å². The SMILES string of the molecule is CC/C=C\C/C=C\C/C=C\C/C=C\C/C=C\C/C=C\C/C=C\C/C=C\CCCCCCCCCCC(=O)NC(CO)C(O)CCCCCCCCCCCCCCCCCCCCCCCCCCCCC. The Morgan fingerprint density at radius 2 is 0.611 bits per heavy atom. The van der Waals surface area contributed by atoms with E-state index in [0.29, 0.717) is 12.8 Å². The van der Waals surface area contributed by atoms with Crippen LogP contribution in [-0.2, 0) is 4.79 Å². The van der Waals surface area contributed by atoms with Gasteiger partial charge in [-0.3, -0.25) is 4.79 Å². The van der Waals surface area contributed by atoms with E-state index < -0.39 is 12.1 Å². The maximum absolute atomic E-state index is 12.5. The smallest absolute Gasteiger partial charge is 0.220 e. The number of hydrogen-bond acceptors (Lipinski definition) is 3. The van der Waals surface area contributed by atoms with Gasteiger partial charge in [0.1, 0.15) is 0 Å². The van der Waals surface area contributed by atoms with Crippen molar-refractivity contribution in [2.24, 2.45) is 0 Å². The summed E-state index contributed by atoms with van der Waals surface area (Å²) in [6, 6.07) is -0.549. The van der Waals surface area contributed by atoms with E-state index in [4.69, 9.17) is 0 Å². The molecule has 72 heavy (non-hydrogen) atoms. The van der Waals surface area contributed by atoms with Gasteiger partial charge in [-0.25, -0.2) is 0 Å². The van der Waals surface area contributed by atoms with E-state index in [0.717, 1.165) is 77.0 Å². The fourth-order valence-corrected chi connectivity index (χ4v) is 9.38. The third-order valence-electron chi connectivity index (χ3n) is 14.1. The van der Waals surface area contributed by atoms with E-state index in [2.05, 4.69) is 116 Å². The number of hydrogen-bond donors (Lipinski definition) is 3. The van der Waals surface area contributed by atoms with Crippen molar-refractivity contribution in [2.75, 3.05) is 6.61 Å². The lowest BCUT2D eigenvalue weighted by atomic mass is 10.0. The van der Waals surface area contributed by atoms with Crippen molar-refractivity contribution in [3.8, 4) is 0 Å². The monoisotopic (exact) mass is 1000 g/mol. The lowest BCUT2D eigenvalue weighted by Gasteiger charge is -2.22. The van der Waals surface area contributed by atoms with Gasteiger partial charge in [0, 0.05) is 6.42 Å². The molecule has 0 heterocycles. The zero-order valence-corrected chi connectivity index (χ0v) is 47.9. The minimum atomic E-state index is -0.671. The Labute approximate surface area is 449 Å². The normalized spacial score (nSPS) is 13.4. The lowest BCUT2D eigenvalue weighted by Crippen LogP contribution is -2.45. The van der Waals surface area contributed by atoms with Crippen LogP contribution in [0.2, 0.25) is 0 Å². The van der Waals surface area contributed by atoms with Crippen molar-refractivity contribution >= 4 is 5.91 Å². The number of carbonyl (C=O) groups is 1. The van der Waals surface area contributed by atoms with Gasteiger partial charge in [-0.15, -0.1) is 0 Å². The Morgan fingerprint density at radius 3 is 0.917 bits per heavy atom. The topological polar surface area (TPSA) is 69.6 Å². The fourth-order valence-electron chi connectivity index (χ4n) is 9.38. The number of allylic oxidation sites excluding steroid dienone is 16. The van der Waals surface area contributed by atoms with Crippen molar-refractivity contribution in [1.29, 1.82) is 0 Å². The molecule has 4 nitrogen and oxygen atoms in total. The molecule has 0 bridgehead atoms. The molecule has 0 aliphatic heterocycles. The molecule has 416 valence electrons. The highest BCUT2D eigenvalue weighted by molar-refractivity contribution is 5.76. The molecule has 0 aromatic rings. The number of carbonyl (C=O) groups excluding carboxylic acids is 1. The zero-order valence-electron chi connectivity index (χ0n) is 47.9. The summed E-state index contributed by atoms with van der Waals surface area (Å²) in [5, 5.41) is 23.4. The van der Waals surface area contributed by atoms with Crippen LogP contribution in [0.5, 0.6) is 0 Å². The Bertz CT molecular complexity index is 1320. The predicted molar refractivity (Wildman–Crippen MR) is 322 cm³/mol. The minimum absolute atomic E-state index is 0.0400. The highest BCUT2D eigenvalue weighted by atomic mass is 16.3. The minimum Gasteiger partial charge on any atom is -0.394 e. The molecule has 2 unspecified atom stereocenters. The predicted octanol–water partition coefficient (Wildman–Crippen LogP) is 21.3. The second-order valence-electron chi connectivity index (χ2n) is 21.1. The second-order valence-corrected chi connectivity index (χ2v) is 21.1. The Morgan fingerprint density at radius 1 is 0.347 bits per heavy atom. The molecule has 1 amide bonds. The van der Waals surface area contributed by atoms with Crippen molar-refractivity contribution < 1.29 is 15.0 Å². The van der Waals surface area contributed by atoms with Crippen LogP contribution in [-0.4, -0.2) is 34.9 Å². The average Bonchev–Trinajstić information content (AvgIpc) is 3.39. The van der Waals surface area contributed by atoms with E-state index in [9.17, 15) is 15.0 Å². The van der Waals surface area contributed by atoms with Gasteiger partial charge in [0.05, 0.1) is 18.8 Å². The summed E-state index contributed by atoms with van der Waals surface area (Å²) in [6.07, 6.45) is 92.7. The Balaban J connectivity index is 3.53. The van der Waals surface area contributed by atoms with E-state index in [-0.39, 0.29) is 12.5 Å². The molecule has 0 aliphatic carbocycles. The molecule has 0 rings (SSSR count). The number of nitrogens with one attached hydrogen (secondary N) is 1. The van der Waals surface area contributed by atoms with Crippen molar-refractivity contribution in [2.45, 2.75) is 321 Å². The van der Waals surface area contributed by atoms with Crippen LogP contribution in [0, 0.1) is 0 Å². The van der Waals surface area contributed by atoms with Gasteiger partial charge in [-0.2, -0.15) is 0 Å². The number of rotatable bonds is 57. The maximum atomic E-state index is 12.5. The quantitative estimate of drug-likeness (QED) is 0.0420. The standard InChI is InChI=1S/C68H121NO3/c1-3-5-7-9-11-13-15-17-19-21-23-25-27-29-31-32-33-34-35-36-38-40-42-44-46-48-50-52-54-56-58-60-62-64-68(72)69-66(65-70)67(71)63-61-59-57-55-53-51-49-47-45-43-41-39-37-30-28-26-24-22-20-18-16-14-12-10-8-6-4-2/h5,7,11,13,17,19,23,25,29,31,33-34,36,38,42,44,66-67,70-71H,3-4,6,8-10,12,14-16,18,20-22,24,26-28,30,32,35,37,39-41,43,45-65H2,1-2H3,(H,69,72)/b7-5-,13-11-,19-17-,25-23-,31-29-,34-33-,38-36-,44-42-. The summed E-state index contributed by atoms with van der Waals surface area (Å²) in [7, 11) is 0. The van der Waals surface area contributed by atoms with Gasteiger partial charge in [-0.05, 0) is 77.0 Å². The zero-order chi connectivity index (χ0) is 52.0. The second kappa shape index (κ2) is 62.6. The van der Waals surface area contributed by atoms with Crippen molar-refractivity contribution in [1.82, 2.24) is 5.32 Å². The maximum Gasteiger partial charge on any atom is 0.220 e. The van der Waals surface area contributed by atoms with Crippen molar-refractivity contribution in [3.63, 3.8) is 0 Å². The molecule has 0 aliphatic rings. The van der Waals surface area contributed by atoms with Crippen LogP contribution in [0.3, 0.4) is 0 Å². The summed E-state index contributed by atoms with van der Waals surface area (Å²) >= 11 is 0. The third-order valence-corrected chi connectivity index (χ3v) is 14.1. The van der Waals surface area contributed by atoms with E-state index in [1.165, 1.54) is 205 Å². The van der Waals surface area contributed by atoms with Crippen LogP contribution in [0.15, 0.2) is 97.2 Å².